The van der Waals surface area contributed by atoms with Crippen molar-refractivity contribution in [2.45, 2.75) is 122 Å². The van der Waals surface area contributed by atoms with Crippen LogP contribution in [0.3, 0.4) is 0 Å². The summed E-state index contributed by atoms with van der Waals surface area (Å²) in [4.78, 5) is 62.2. The second-order valence-electron chi connectivity index (χ2n) is 15.1. The minimum Gasteiger partial charge on any atom is -0.463 e. The Hall–Kier alpha value is -4.31. The van der Waals surface area contributed by atoms with E-state index in [0.717, 1.165) is 43.0 Å². The summed E-state index contributed by atoms with van der Waals surface area (Å²) in [5, 5.41) is 2.75. The molecule has 0 bridgehead atoms. The number of alkyl carbamates (subject to hydrolysis) is 1. The lowest BCUT2D eigenvalue weighted by atomic mass is 9.98. The Bertz CT molecular complexity index is 1630. The van der Waals surface area contributed by atoms with Crippen LogP contribution in [0.25, 0.3) is 11.1 Å². The van der Waals surface area contributed by atoms with Gasteiger partial charge in [0.15, 0.2) is 32.9 Å². The number of nitrogens with one attached hydrogen (secondary N) is 1. The first kappa shape index (κ1) is 42.4. The lowest BCUT2D eigenvalue weighted by Gasteiger charge is -2.45. The number of fused-ring (bicyclic) bond motifs is 3. The lowest BCUT2D eigenvalue weighted by molar-refractivity contribution is -0.317. The van der Waals surface area contributed by atoms with Crippen LogP contribution in [0.2, 0.25) is 18.1 Å². The first-order valence-electron chi connectivity index (χ1n) is 18.0. The standard InChI is InChI=1S/C39H53NO13Si/c1-22(49-37-36(52-26(5)44)35(51-25(4)43)34(50-24(3)42)33(53-37)21-46-23(2)41)32(20-48-54(9,10)39(6,7)8)40-38(45)47-19-31-29-17-13-11-15-27(29)28-16-12-14-18-30(28)31/h11-18,22,31-37H,19-21H2,1-10H3,(H,40,45)/t22-,32-,33-,34-,35+,36-,37-/m1/s1. The topological polar surface area (TPSA) is 171 Å². The maximum atomic E-state index is 13.6. The second-order valence-corrected chi connectivity index (χ2v) is 19.9. The van der Waals surface area contributed by atoms with Gasteiger partial charge >= 0.3 is 30.0 Å². The summed E-state index contributed by atoms with van der Waals surface area (Å²) in [7, 11) is -2.36. The van der Waals surface area contributed by atoms with Crippen LogP contribution in [0.1, 0.15) is 72.4 Å². The first-order chi connectivity index (χ1) is 25.3. The molecule has 7 atom stereocenters. The van der Waals surface area contributed by atoms with Crippen molar-refractivity contribution in [3.05, 3.63) is 59.7 Å². The molecular weight excluding hydrogens is 719 g/mol. The number of benzene rings is 2. The van der Waals surface area contributed by atoms with E-state index in [9.17, 15) is 24.0 Å². The summed E-state index contributed by atoms with van der Waals surface area (Å²) in [6.07, 6.45) is -8.49. The van der Waals surface area contributed by atoms with Gasteiger partial charge in [0.1, 0.15) is 19.3 Å². The maximum absolute atomic E-state index is 13.6. The van der Waals surface area contributed by atoms with Crippen LogP contribution in [0.15, 0.2) is 48.5 Å². The summed E-state index contributed by atoms with van der Waals surface area (Å²) in [5.41, 5.74) is 4.30. The molecule has 296 valence electrons. The van der Waals surface area contributed by atoms with Crippen molar-refractivity contribution < 1.29 is 61.6 Å². The van der Waals surface area contributed by atoms with E-state index >= 15 is 0 Å². The quantitative estimate of drug-likeness (QED) is 0.147. The maximum Gasteiger partial charge on any atom is 0.407 e. The van der Waals surface area contributed by atoms with Crippen LogP contribution in [0.5, 0.6) is 0 Å². The number of rotatable bonds is 14. The molecule has 1 fully saturated rings. The molecule has 2 aliphatic rings. The first-order valence-corrected chi connectivity index (χ1v) is 20.9. The van der Waals surface area contributed by atoms with E-state index < -0.39 is 87.7 Å². The van der Waals surface area contributed by atoms with Crippen molar-refractivity contribution in [3.63, 3.8) is 0 Å². The van der Waals surface area contributed by atoms with Gasteiger partial charge in [-0.25, -0.2) is 4.79 Å². The van der Waals surface area contributed by atoms with Gasteiger partial charge in [-0.15, -0.1) is 0 Å². The molecule has 1 heterocycles. The number of amides is 1. The molecule has 2 aromatic carbocycles. The zero-order valence-electron chi connectivity index (χ0n) is 32.7. The Morgan fingerprint density at radius 3 is 1.78 bits per heavy atom. The molecule has 0 saturated carbocycles. The van der Waals surface area contributed by atoms with Gasteiger partial charge in [-0.2, -0.15) is 0 Å². The van der Waals surface area contributed by atoms with Crippen molar-refractivity contribution in [1.82, 2.24) is 5.32 Å². The van der Waals surface area contributed by atoms with E-state index in [4.69, 9.17) is 37.6 Å². The van der Waals surface area contributed by atoms with Gasteiger partial charge in [0.2, 0.25) is 0 Å². The predicted molar refractivity (Wildman–Crippen MR) is 198 cm³/mol. The smallest absolute Gasteiger partial charge is 0.407 e. The summed E-state index contributed by atoms with van der Waals surface area (Å²) < 4.78 is 46.7. The van der Waals surface area contributed by atoms with Gasteiger partial charge in [0.05, 0.1) is 18.8 Å². The van der Waals surface area contributed by atoms with Gasteiger partial charge < -0.3 is 42.9 Å². The molecule has 0 unspecified atom stereocenters. The van der Waals surface area contributed by atoms with Crippen molar-refractivity contribution in [2.75, 3.05) is 19.8 Å². The normalized spacial score (nSPS) is 22.1. The largest absolute Gasteiger partial charge is 0.463 e. The molecule has 2 aromatic rings. The van der Waals surface area contributed by atoms with Crippen LogP contribution < -0.4 is 5.32 Å². The van der Waals surface area contributed by atoms with Crippen LogP contribution in [0.4, 0.5) is 4.79 Å². The highest BCUT2D eigenvalue weighted by Crippen LogP contribution is 2.44. The third-order valence-electron chi connectivity index (χ3n) is 9.94. The van der Waals surface area contributed by atoms with E-state index in [-0.39, 0.29) is 24.2 Å². The number of hydrogen-bond acceptors (Lipinski definition) is 13. The fourth-order valence-electron chi connectivity index (χ4n) is 6.21. The van der Waals surface area contributed by atoms with Crippen LogP contribution >= 0.6 is 0 Å². The Balaban J connectivity index is 1.60. The number of ether oxygens (including phenoxy) is 7. The minimum absolute atomic E-state index is 0.0210. The molecule has 0 spiro atoms. The third-order valence-corrected chi connectivity index (χ3v) is 14.4. The average molecular weight is 772 g/mol. The molecule has 1 aliphatic heterocycles. The zero-order valence-corrected chi connectivity index (χ0v) is 33.7. The highest BCUT2D eigenvalue weighted by molar-refractivity contribution is 6.74. The van der Waals surface area contributed by atoms with Gasteiger partial charge in [0, 0.05) is 33.6 Å². The second kappa shape index (κ2) is 17.9. The number of hydrogen-bond donors (Lipinski definition) is 1. The highest BCUT2D eigenvalue weighted by Gasteiger charge is 2.53. The molecule has 1 N–H and O–H groups in total. The summed E-state index contributed by atoms with van der Waals surface area (Å²) in [6.45, 7) is 16.4. The Morgan fingerprint density at radius 2 is 1.26 bits per heavy atom. The SMILES string of the molecule is CC(=O)OC[C@H]1O[C@@H](O[C@H](C)[C@@H](CO[Si](C)(C)C(C)(C)C)NC(=O)OCC2c3ccccc3-c3ccccc32)[C@H](OC(C)=O)[C@@H](OC(C)=O)[C@@H]1OC(C)=O. The summed E-state index contributed by atoms with van der Waals surface area (Å²) >= 11 is 0. The minimum atomic E-state index is -2.36. The van der Waals surface area contributed by atoms with E-state index in [1.54, 1.807) is 6.92 Å². The van der Waals surface area contributed by atoms with Crippen LogP contribution in [0, 0.1) is 0 Å². The van der Waals surface area contributed by atoms with Gasteiger partial charge in [0.25, 0.3) is 0 Å². The lowest BCUT2D eigenvalue weighted by Crippen LogP contribution is -2.64. The molecule has 15 heteroatoms. The molecule has 0 aromatic heterocycles. The molecule has 1 aliphatic carbocycles. The fourth-order valence-corrected chi connectivity index (χ4v) is 7.23. The van der Waals surface area contributed by atoms with Crippen molar-refractivity contribution in [2.24, 2.45) is 0 Å². The molecule has 0 radical (unpaired) electrons. The van der Waals surface area contributed by atoms with Gasteiger partial charge in [-0.3, -0.25) is 19.2 Å². The Morgan fingerprint density at radius 1 is 0.741 bits per heavy atom. The number of carbonyl (C=O) groups is 5. The predicted octanol–water partition coefficient (Wildman–Crippen LogP) is 5.40. The summed E-state index contributed by atoms with van der Waals surface area (Å²) in [6, 6.07) is 15.2. The zero-order chi connectivity index (χ0) is 40.0. The molecular formula is C39H53NO13Si. The van der Waals surface area contributed by atoms with Gasteiger partial charge in [-0.1, -0.05) is 69.3 Å². The number of carbonyl (C=O) groups excluding carboxylic acids is 5. The third kappa shape index (κ3) is 10.7. The highest BCUT2D eigenvalue weighted by atomic mass is 28.4. The van der Waals surface area contributed by atoms with E-state index in [1.807, 2.05) is 36.4 Å². The van der Waals surface area contributed by atoms with Crippen LogP contribution in [-0.4, -0.2) is 101 Å². The molecule has 1 amide bonds. The number of esters is 4. The van der Waals surface area contributed by atoms with Crippen molar-refractivity contribution in [1.29, 1.82) is 0 Å². The summed E-state index contributed by atoms with van der Waals surface area (Å²) in [5.74, 6) is -3.11. The van der Waals surface area contributed by atoms with Crippen molar-refractivity contribution >= 4 is 38.3 Å². The average Bonchev–Trinajstić information content (AvgIpc) is 3.39. The molecule has 1 saturated heterocycles. The monoisotopic (exact) mass is 771 g/mol. The Labute approximate surface area is 317 Å². The fraction of sp³-hybridized carbons (Fsp3) is 0.564. The molecule has 4 rings (SSSR count). The Kier molecular flexibility index (Phi) is 14.0. The van der Waals surface area contributed by atoms with Crippen molar-refractivity contribution in [3.8, 4) is 11.1 Å². The molecule has 54 heavy (non-hydrogen) atoms. The van der Waals surface area contributed by atoms with E-state index in [1.165, 1.54) is 6.92 Å². The van der Waals surface area contributed by atoms with Gasteiger partial charge in [-0.05, 0) is 47.3 Å². The van der Waals surface area contributed by atoms with E-state index in [2.05, 4.69) is 51.3 Å². The van der Waals surface area contributed by atoms with E-state index in [0.29, 0.717) is 0 Å². The molecule has 14 nitrogen and oxygen atoms in total. The van der Waals surface area contributed by atoms with Crippen LogP contribution in [-0.2, 0) is 56.8 Å².